The Hall–Kier alpha value is -3.04. The Labute approximate surface area is 151 Å². The fourth-order valence-electron chi connectivity index (χ4n) is 2.83. The fraction of sp³-hybridized carbons (Fsp3) is 0. The molecule has 4 heteroatoms. The minimum atomic E-state index is 0.694. The zero-order valence-electron chi connectivity index (χ0n) is 13.4. The summed E-state index contributed by atoms with van der Waals surface area (Å²) < 4.78 is 1.91. The van der Waals surface area contributed by atoms with Crippen molar-refractivity contribution in [3.05, 3.63) is 90.0 Å². The molecule has 3 nitrogen and oxygen atoms in total. The number of para-hydroxylation sites is 1. The first-order valence-corrected chi connectivity index (χ1v) is 8.36. The van der Waals surface area contributed by atoms with Gasteiger partial charge in [-0.15, -0.1) is 0 Å². The standard InChI is InChI=1S/C21H16ClN3/c22-16-10-12-17(13-11-16)25-21(18-8-4-5-9-19(18)23)14-20(24-25)15-6-2-1-3-7-15/h1-14H,23H2. The van der Waals surface area contributed by atoms with Crippen LogP contribution in [-0.4, -0.2) is 9.78 Å². The molecule has 0 amide bonds. The summed E-state index contributed by atoms with van der Waals surface area (Å²) >= 11 is 6.03. The summed E-state index contributed by atoms with van der Waals surface area (Å²) in [5.74, 6) is 0. The lowest BCUT2D eigenvalue weighted by Gasteiger charge is -2.09. The molecular formula is C21H16ClN3. The van der Waals surface area contributed by atoms with Gasteiger partial charge in [0.25, 0.3) is 0 Å². The minimum Gasteiger partial charge on any atom is -0.398 e. The molecule has 0 aliphatic heterocycles. The first-order chi connectivity index (χ1) is 12.2. The van der Waals surface area contributed by atoms with Crippen molar-refractivity contribution in [2.75, 3.05) is 5.73 Å². The largest absolute Gasteiger partial charge is 0.398 e. The summed E-state index contributed by atoms with van der Waals surface area (Å²) in [5.41, 5.74) is 11.7. The van der Waals surface area contributed by atoms with E-state index in [0.29, 0.717) is 5.02 Å². The van der Waals surface area contributed by atoms with Crippen molar-refractivity contribution >= 4 is 17.3 Å². The highest BCUT2D eigenvalue weighted by Gasteiger charge is 2.14. The van der Waals surface area contributed by atoms with E-state index in [1.54, 1.807) is 0 Å². The Morgan fingerprint density at radius 1 is 0.800 bits per heavy atom. The Balaban J connectivity index is 1.93. The van der Waals surface area contributed by atoms with Gasteiger partial charge < -0.3 is 5.73 Å². The predicted molar refractivity (Wildman–Crippen MR) is 104 cm³/mol. The van der Waals surface area contributed by atoms with Crippen LogP contribution in [0.2, 0.25) is 5.02 Å². The average molecular weight is 346 g/mol. The Bertz CT molecular complexity index is 1010. The molecule has 0 unspecified atom stereocenters. The van der Waals surface area contributed by atoms with Crippen molar-refractivity contribution in [2.45, 2.75) is 0 Å². The SMILES string of the molecule is Nc1ccccc1-c1cc(-c2ccccc2)nn1-c1ccc(Cl)cc1. The van der Waals surface area contributed by atoms with Gasteiger partial charge in [-0.3, -0.25) is 0 Å². The van der Waals surface area contributed by atoms with Gasteiger partial charge in [-0.05, 0) is 36.4 Å². The maximum Gasteiger partial charge on any atom is 0.0934 e. The summed E-state index contributed by atoms with van der Waals surface area (Å²) in [6.07, 6.45) is 0. The third kappa shape index (κ3) is 3.02. The smallest absolute Gasteiger partial charge is 0.0934 e. The van der Waals surface area contributed by atoms with E-state index in [-0.39, 0.29) is 0 Å². The Morgan fingerprint density at radius 3 is 2.20 bits per heavy atom. The van der Waals surface area contributed by atoms with Crippen LogP contribution in [0.3, 0.4) is 0 Å². The minimum absolute atomic E-state index is 0.694. The van der Waals surface area contributed by atoms with Crippen LogP contribution in [0, 0.1) is 0 Å². The summed E-state index contributed by atoms with van der Waals surface area (Å²) in [6.45, 7) is 0. The van der Waals surface area contributed by atoms with Crippen LogP contribution in [-0.2, 0) is 0 Å². The van der Waals surface area contributed by atoms with E-state index in [0.717, 1.165) is 33.9 Å². The second-order valence-electron chi connectivity index (χ2n) is 5.76. The van der Waals surface area contributed by atoms with Crippen LogP contribution in [0.5, 0.6) is 0 Å². The number of hydrogen-bond acceptors (Lipinski definition) is 2. The van der Waals surface area contributed by atoms with Crippen LogP contribution in [0.1, 0.15) is 0 Å². The summed E-state index contributed by atoms with van der Waals surface area (Å²) in [5, 5.41) is 5.51. The van der Waals surface area contributed by atoms with E-state index < -0.39 is 0 Å². The van der Waals surface area contributed by atoms with Gasteiger partial charge in [0.05, 0.1) is 17.1 Å². The number of nitrogen functional groups attached to an aromatic ring is 1. The molecule has 25 heavy (non-hydrogen) atoms. The van der Waals surface area contributed by atoms with Gasteiger partial charge in [0.1, 0.15) is 0 Å². The second-order valence-corrected chi connectivity index (χ2v) is 6.19. The van der Waals surface area contributed by atoms with Crippen molar-refractivity contribution in [2.24, 2.45) is 0 Å². The van der Waals surface area contributed by atoms with Crippen LogP contribution < -0.4 is 5.73 Å². The molecule has 3 aromatic carbocycles. The molecule has 0 fully saturated rings. The molecular weight excluding hydrogens is 330 g/mol. The number of aromatic nitrogens is 2. The third-order valence-corrected chi connectivity index (χ3v) is 4.34. The number of nitrogens with zero attached hydrogens (tertiary/aromatic N) is 2. The maximum atomic E-state index is 6.21. The van der Waals surface area contributed by atoms with Crippen molar-refractivity contribution in [1.29, 1.82) is 0 Å². The van der Waals surface area contributed by atoms with Gasteiger partial charge in [0.15, 0.2) is 0 Å². The zero-order chi connectivity index (χ0) is 17.2. The Morgan fingerprint density at radius 2 is 1.48 bits per heavy atom. The van der Waals surface area contributed by atoms with Crippen molar-refractivity contribution < 1.29 is 0 Å². The molecule has 0 radical (unpaired) electrons. The highest BCUT2D eigenvalue weighted by atomic mass is 35.5. The number of halogens is 1. The number of hydrogen-bond donors (Lipinski definition) is 1. The van der Waals surface area contributed by atoms with Gasteiger partial charge in [-0.1, -0.05) is 60.1 Å². The summed E-state index contributed by atoms with van der Waals surface area (Å²) in [4.78, 5) is 0. The Kier molecular flexibility index (Phi) is 4.00. The van der Waals surface area contributed by atoms with E-state index in [4.69, 9.17) is 22.4 Å². The van der Waals surface area contributed by atoms with Crippen molar-refractivity contribution in [3.8, 4) is 28.2 Å². The lowest BCUT2D eigenvalue weighted by Crippen LogP contribution is -2.00. The van der Waals surface area contributed by atoms with E-state index in [9.17, 15) is 0 Å². The lowest BCUT2D eigenvalue weighted by molar-refractivity contribution is 0.892. The second kappa shape index (κ2) is 6.46. The first-order valence-electron chi connectivity index (χ1n) is 7.99. The quantitative estimate of drug-likeness (QED) is 0.502. The molecule has 0 atom stereocenters. The van der Waals surface area contributed by atoms with Gasteiger partial charge in [0.2, 0.25) is 0 Å². The van der Waals surface area contributed by atoms with Crippen LogP contribution in [0.25, 0.3) is 28.2 Å². The van der Waals surface area contributed by atoms with Crippen LogP contribution in [0.4, 0.5) is 5.69 Å². The fourth-order valence-corrected chi connectivity index (χ4v) is 2.96. The summed E-state index contributed by atoms with van der Waals surface area (Å²) in [7, 11) is 0. The summed E-state index contributed by atoms with van der Waals surface area (Å²) in [6, 6.07) is 27.6. The van der Waals surface area contributed by atoms with Gasteiger partial charge >= 0.3 is 0 Å². The third-order valence-electron chi connectivity index (χ3n) is 4.09. The molecule has 0 aliphatic carbocycles. The maximum absolute atomic E-state index is 6.21. The van der Waals surface area contributed by atoms with E-state index in [1.165, 1.54) is 0 Å². The number of nitrogens with two attached hydrogens (primary N) is 1. The topological polar surface area (TPSA) is 43.8 Å². The molecule has 0 spiro atoms. The monoisotopic (exact) mass is 345 g/mol. The molecule has 122 valence electrons. The van der Waals surface area contributed by atoms with Gasteiger partial charge in [0, 0.05) is 21.8 Å². The highest BCUT2D eigenvalue weighted by molar-refractivity contribution is 6.30. The van der Waals surface area contributed by atoms with E-state index in [2.05, 4.69) is 6.07 Å². The predicted octanol–water partition coefficient (Wildman–Crippen LogP) is 5.44. The van der Waals surface area contributed by atoms with Crippen molar-refractivity contribution in [3.63, 3.8) is 0 Å². The van der Waals surface area contributed by atoms with Gasteiger partial charge in [-0.2, -0.15) is 5.10 Å². The molecule has 2 N–H and O–H groups in total. The van der Waals surface area contributed by atoms with Gasteiger partial charge in [-0.25, -0.2) is 4.68 Å². The highest BCUT2D eigenvalue weighted by Crippen LogP contribution is 2.32. The molecule has 1 heterocycles. The first kappa shape index (κ1) is 15.5. The van der Waals surface area contributed by atoms with Crippen molar-refractivity contribution in [1.82, 2.24) is 9.78 Å². The lowest BCUT2D eigenvalue weighted by atomic mass is 10.1. The van der Waals surface area contributed by atoms with Crippen LogP contribution in [0.15, 0.2) is 84.9 Å². The average Bonchev–Trinajstić information content (AvgIpc) is 3.09. The van der Waals surface area contributed by atoms with E-state index in [1.807, 2.05) is 83.5 Å². The number of rotatable bonds is 3. The molecule has 0 bridgehead atoms. The number of anilines is 1. The molecule has 4 rings (SSSR count). The molecule has 0 saturated carbocycles. The van der Waals surface area contributed by atoms with E-state index >= 15 is 0 Å². The normalized spacial score (nSPS) is 10.8. The van der Waals surface area contributed by atoms with Crippen LogP contribution >= 0.6 is 11.6 Å². The number of benzene rings is 3. The molecule has 0 saturated heterocycles. The molecule has 1 aromatic heterocycles. The molecule has 0 aliphatic rings. The zero-order valence-corrected chi connectivity index (χ0v) is 14.2. The molecule has 4 aromatic rings.